The zero-order valence-corrected chi connectivity index (χ0v) is 11.4. The zero-order valence-electron chi connectivity index (χ0n) is 11.4. The minimum absolute atomic E-state index is 0.0391. The fourth-order valence-corrected chi connectivity index (χ4v) is 1.54. The van der Waals surface area contributed by atoms with Gasteiger partial charge in [-0.25, -0.2) is 0 Å². The van der Waals surface area contributed by atoms with E-state index in [1.54, 1.807) is 19.0 Å². The number of hydrogen-bond acceptors (Lipinski definition) is 2. The normalized spacial score (nSPS) is 12.1. The highest BCUT2D eigenvalue weighted by Gasteiger charge is 2.10. The first-order chi connectivity index (χ1) is 7.95. The monoisotopic (exact) mass is 234 g/mol. The van der Waals surface area contributed by atoms with E-state index in [0.717, 1.165) is 17.7 Å². The number of nitrogens with one attached hydrogen (secondary N) is 1. The Hall–Kier alpha value is -1.51. The third-order valence-electron chi connectivity index (χ3n) is 2.90. The molecule has 0 radical (unpaired) electrons. The van der Waals surface area contributed by atoms with Crippen LogP contribution in [-0.2, 0) is 0 Å². The Labute approximate surface area is 104 Å². The molecule has 3 heteroatoms. The minimum Gasteiger partial charge on any atom is -0.382 e. The van der Waals surface area contributed by atoms with E-state index in [2.05, 4.69) is 26.1 Å². The van der Waals surface area contributed by atoms with Crippen LogP contribution < -0.4 is 5.32 Å². The SMILES string of the molecule is CCC(C)Nc1cc(C(=O)N(C)C)ccc1C. The highest BCUT2D eigenvalue weighted by Crippen LogP contribution is 2.19. The van der Waals surface area contributed by atoms with E-state index in [1.165, 1.54) is 5.56 Å². The molecule has 0 spiro atoms. The number of anilines is 1. The van der Waals surface area contributed by atoms with E-state index < -0.39 is 0 Å². The van der Waals surface area contributed by atoms with Crippen molar-refractivity contribution in [3.8, 4) is 0 Å². The number of carbonyl (C=O) groups excluding carboxylic acids is 1. The Morgan fingerprint density at radius 3 is 2.59 bits per heavy atom. The number of benzene rings is 1. The Balaban J connectivity index is 2.98. The Kier molecular flexibility index (Phi) is 4.55. The lowest BCUT2D eigenvalue weighted by Crippen LogP contribution is -2.22. The van der Waals surface area contributed by atoms with Crippen molar-refractivity contribution < 1.29 is 4.79 Å². The topological polar surface area (TPSA) is 32.3 Å². The van der Waals surface area contributed by atoms with Crippen molar-refractivity contribution in [2.45, 2.75) is 33.2 Å². The number of amides is 1. The molecule has 1 N–H and O–H groups in total. The first kappa shape index (κ1) is 13.6. The summed E-state index contributed by atoms with van der Waals surface area (Å²) in [5.74, 6) is 0.0391. The van der Waals surface area contributed by atoms with Crippen LogP contribution >= 0.6 is 0 Å². The van der Waals surface area contributed by atoms with Gasteiger partial charge in [0.05, 0.1) is 0 Å². The molecule has 17 heavy (non-hydrogen) atoms. The van der Waals surface area contributed by atoms with Gasteiger partial charge >= 0.3 is 0 Å². The van der Waals surface area contributed by atoms with E-state index in [1.807, 2.05) is 18.2 Å². The maximum absolute atomic E-state index is 11.9. The summed E-state index contributed by atoms with van der Waals surface area (Å²) >= 11 is 0. The predicted molar refractivity (Wildman–Crippen MR) is 72.6 cm³/mol. The zero-order chi connectivity index (χ0) is 13.0. The van der Waals surface area contributed by atoms with Crippen LogP contribution in [0.4, 0.5) is 5.69 Å². The molecule has 1 atom stereocenters. The van der Waals surface area contributed by atoms with Gasteiger partial charge < -0.3 is 10.2 Å². The van der Waals surface area contributed by atoms with E-state index in [9.17, 15) is 4.79 Å². The molecule has 1 aromatic carbocycles. The van der Waals surface area contributed by atoms with Gasteiger partial charge in [-0.1, -0.05) is 13.0 Å². The Bertz CT molecular complexity index is 399. The number of hydrogen-bond donors (Lipinski definition) is 1. The minimum atomic E-state index is 0.0391. The van der Waals surface area contributed by atoms with Crippen LogP contribution in [-0.4, -0.2) is 30.9 Å². The third-order valence-corrected chi connectivity index (χ3v) is 2.90. The lowest BCUT2D eigenvalue weighted by atomic mass is 10.1. The van der Waals surface area contributed by atoms with Gasteiger partial charge in [-0.05, 0) is 38.0 Å². The van der Waals surface area contributed by atoms with Crippen molar-refractivity contribution in [3.05, 3.63) is 29.3 Å². The lowest BCUT2D eigenvalue weighted by Gasteiger charge is -2.17. The van der Waals surface area contributed by atoms with Gasteiger partial charge in [-0.2, -0.15) is 0 Å². The Morgan fingerprint density at radius 1 is 1.41 bits per heavy atom. The molecule has 1 unspecified atom stereocenters. The molecule has 0 aliphatic heterocycles. The van der Waals surface area contributed by atoms with Gasteiger partial charge in [-0.15, -0.1) is 0 Å². The molecule has 1 rings (SSSR count). The van der Waals surface area contributed by atoms with Gasteiger partial charge in [0.1, 0.15) is 0 Å². The molecule has 1 aromatic rings. The highest BCUT2D eigenvalue weighted by molar-refractivity contribution is 5.95. The number of aryl methyl sites for hydroxylation is 1. The smallest absolute Gasteiger partial charge is 0.253 e. The molecule has 0 bridgehead atoms. The van der Waals surface area contributed by atoms with E-state index in [4.69, 9.17) is 0 Å². The van der Waals surface area contributed by atoms with Crippen molar-refractivity contribution in [2.75, 3.05) is 19.4 Å². The molecule has 1 amide bonds. The highest BCUT2D eigenvalue weighted by atomic mass is 16.2. The summed E-state index contributed by atoms with van der Waals surface area (Å²) in [7, 11) is 3.54. The average molecular weight is 234 g/mol. The number of nitrogens with zero attached hydrogens (tertiary/aromatic N) is 1. The molecule has 0 saturated heterocycles. The average Bonchev–Trinajstić information content (AvgIpc) is 2.30. The predicted octanol–water partition coefficient (Wildman–Crippen LogP) is 2.91. The number of rotatable bonds is 4. The summed E-state index contributed by atoms with van der Waals surface area (Å²) in [6, 6.07) is 6.21. The van der Waals surface area contributed by atoms with E-state index in [0.29, 0.717) is 6.04 Å². The van der Waals surface area contributed by atoms with Crippen LogP contribution in [0.25, 0.3) is 0 Å². The van der Waals surface area contributed by atoms with E-state index >= 15 is 0 Å². The molecule has 94 valence electrons. The van der Waals surface area contributed by atoms with E-state index in [-0.39, 0.29) is 5.91 Å². The Morgan fingerprint density at radius 2 is 2.06 bits per heavy atom. The second-order valence-corrected chi connectivity index (χ2v) is 4.68. The second kappa shape index (κ2) is 5.71. The van der Waals surface area contributed by atoms with Crippen molar-refractivity contribution >= 4 is 11.6 Å². The van der Waals surface area contributed by atoms with Gasteiger partial charge in [0.25, 0.3) is 5.91 Å². The summed E-state index contributed by atoms with van der Waals surface area (Å²) in [5, 5.41) is 3.42. The first-order valence-corrected chi connectivity index (χ1v) is 6.04. The molecule has 3 nitrogen and oxygen atoms in total. The van der Waals surface area contributed by atoms with Crippen molar-refractivity contribution in [1.82, 2.24) is 4.90 Å². The quantitative estimate of drug-likeness (QED) is 0.868. The van der Waals surface area contributed by atoms with Crippen molar-refractivity contribution in [3.63, 3.8) is 0 Å². The van der Waals surface area contributed by atoms with Gasteiger partial charge in [0.15, 0.2) is 0 Å². The first-order valence-electron chi connectivity index (χ1n) is 6.04. The molecule has 0 aliphatic carbocycles. The van der Waals surface area contributed by atoms with Gasteiger partial charge in [-0.3, -0.25) is 4.79 Å². The molecule has 0 saturated carbocycles. The largest absolute Gasteiger partial charge is 0.382 e. The fraction of sp³-hybridized carbons (Fsp3) is 0.500. The van der Waals surface area contributed by atoms with Crippen LogP contribution in [0.2, 0.25) is 0 Å². The van der Waals surface area contributed by atoms with Crippen molar-refractivity contribution in [2.24, 2.45) is 0 Å². The summed E-state index contributed by atoms with van der Waals surface area (Å²) in [5.41, 5.74) is 2.94. The van der Waals surface area contributed by atoms with Crippen LogP contribution in [0, 0.1) is 6.92 Å². The van der Waals surface area contributed by atoms with Crippen LogP contribution in [0.3, 0.4) is 0 Å². The maximum Gasteiger partial charge on any atom is 0.253 e. The fourth-order valence-electron chi connectivity index (χ4n) is 1.54. The molecule has 0 heterocycles. The number of carbonyl (C=O) groups is 1. The standard InChI is InChI=1S/C14H22N2O/c1-6-11(3)15-13-9-12(8-7-10(13)2)14(17)16(4)5/h7-9,11,15H,6H2,1-5H3. The molecule has 0 fully saturated rings. The molecule has 0 aliphatic rings. The van der Waals surface area contributed by atoms with Crippen LogP contribution in [0.1, 0.15) is 36.2 Å². The molecular weight excluding hydrogens is 212 g/mol. The third kappa shape index (κ3) is 3.48. The molecular formula is C14H22N2O. The van der Waals surface area contributed by atoms with Crippen LogP contribution in [0.5, 0.6) is 0 Å². The summed E-state index contributed by atoms with van der Waals surface area (Å²) < 4.78 is 0. The second-order valence-electron chi connectivity index (χ2n) is 4.68. The van der Waals surface area contributed by atoms with Gasteiger partial charge in [0, 0.05) is 31.4 Å². The summed E-state index contributed by atoms with van der Waals surface area (Å²) in [4.78, 5) is 13.5. The van der Waals surface area contributed by atoms with Gasteiger partial charge in [0.2, 0.25) is 0 Å². The summed E-state index contributed by atoms with van der Waals surface area (Å²) in [6.45, 7) is 6.33. The van der Waals surface area contributed by atoms with Crippen LogP contribution in [0.15, 0.2) is 18.2 Å². The summed E-state index contributed by atoms with van der Waals surface area (Å²) in [6.07, 6.45) is 1.06. The van der Waals surface area contributed by atoms with Crippen molar-refractivity contribution in [1.29, 1.82) is 0 Å². The molecule has 0 aromatic heterocycles. The lowest BCUT2D eigenvalue weighted by molar-refractivity contribution is 0.0827. The maximum atomic E-state index is 11.9.